The number of fused-ring (bicyclic) bond motifs is 1. The Hall–Kier alpha value is -3.95. The molecule has 0 atom stereocenters. The van der Waals surface area contributed by atoms with Crippen LogP contribution in [0.3, 0.4) is 0 Å². The molecule has 1 fully saturated rings. The maximum Gasteiger partial charge on any atom is 0.227 e. The van der Waals surface area contributed by atoms with Crippen LogP contribution in [-0.4, -0.2) is 55.1 Å². The number of nitrogens with one attached hydrogen (secondary N) is 2. The van der Waals surface area contributed by atoms with Gasteiger partial charge in [0.25, 0.3) is 0 Å². The Morgan fingerprint density at radius 2 is 2.00 bits per heavy atom. The minimum atomic E-state index is -0.697. The van der Waals surface area contributed by atoms with Crippen molar-refractivity contribution in [2.45, 2.75) is 25.3 Å². The summed E-state index contributed by atoms with van der Waals surface area (Å²) >= 11 is 0. The summed E-state index contributed by atoms with van der Waals surface area (Å²) in [4.78, 5) is 27.5. The smallest absolute Gasteiger partial charge is 0.227 e. The van der Waals surface area contributed by atoms with E-state index in [1.807, 2.05) is 18.2 Å². The van der Waals surface area contributed by atoms with E-state index in [-0.39, 0.29) is 23.9 Å². The molecule has 0 unspecified atom stereocenters. The summed E-state index contributed by atoms with van der Waals surface area (Å²) in [6.45, 7) is 1.07. The molecule has 0 saturated carbocycles. The molecule has 2 N–H and O–H groups in total. The highest BCUT2D eigenvalue weighted by Gasteiger charge is 2.24. The van der Waals surface area contributed by atoms with Gasteiger partial charge < -0.3 is 10.2 Å². The van der Waals surface area contributed by atoms with Crippen LogP contribution in [0.15, 0.2) is 48.8 Å². The number of rotatable bonds is 5. The Labute approximate surface area is 188 Å². The number of piperidine rings is 1. The number of halogens is 2. The molecule has 4 heterocycles. The number of hydrogen-bond acceptors (Lipinski definition) is 6. The van der Waals surface area contributed by atoms with Gasteiger partial charge in [0, 0.05) is 37.6 Å². The van der Waals surface area contributed by atoms with Gasteiger partial charge in [-0.25, -0.2) is 13.8 Å². The molecule has 4 aromatic rings. The second kappa shape index (κ2) is 8.89. The van der Waals surface area contributed by atoms with Crippen molar-refractivity contribution in [3.8, 4) is 11.4 Å². The highest BCUT2D eigenvalue weighted by Crippen LogP contribution is 2.24. The molecule has 1 saturated heterocycles. The Bertz CT molecular complexity index is 1290. The van der Waals surface area contributed by atoms with E-state index in [4.69, 9.17) is 0 Å². The summed E-state index contributed by atoms with van der Waals surface area (Å²) in [5.74, 6) is -1.05. The lowest BCUT2D eigenvalue weighted by Crippen LogP contribution is -2.43. The number of H-pyrrole nitrogens is 1. The van der Waals surface area contributed by atoms with Gasteiger partial charge in [-0.1, -0.05) is 12.1 Å². The molecule has 10 heteroatoms. The fourth-order valence-electron chi connectivity index (χ4n) is 3.97. The zero-order valence-electron chi connectivity index (χ0n) is 17.6. The van der Waals surface area contributed by atoms with E-state index in [1.54, 1.807) is 17.3 Å². The number of hydrogen-bond donors (Lipinski definition) is 2. The maximum atomic E-state index is 13.8. The van der Waals surface area contributed by atoms with E-state index in [0.717, 1.165) is 28.9 Å². The summed E-state index contributed by atoms with van der Waals surface area (Å²) in [5, 5.41) is 11.3. The molecule has 5 rings (SSSR count). The van der Waals surface area contributed by atoms with Crippen molar-refractivity contribution in [3.63, 3.8) is 0 Å². The summed E-state index contributed by atoms with van der Waals surface area (Å²) in [6.07, 6.45) is 4.76. The molecule has 1 amide bonds. The average molecular weight is 449 g/mol. The van der Waals surface area contributed by atoms with Gasteiger partial charge in [0.15, 0.2) is 5.65 Å². The quantitative estimate of drug-likeness (QED) is 0.485. The first-order valence-corrected chi connectivity index (χ1v) is 10.7. The van der Waals surface area contributed by atoms with E-state index < -0.39 is 11.6 Å². The van der Waals surface area contributed by atoms with Crippen molar-refractivity contribution < 1.29 is 13.6 Å². The van der Waals surface area contributed by atoms with Gasteiger partial charge in [-0.3, -0.25) is 14.9 Å². The van der Waals surface area contributed by atoms with Gasteiger partial charge in [-0.05, 0) is 36.6 Å². The number of anilines is 1. The molecule has 1 aromatic carbocycles. The number of pyridine rings is 1. The van der Waals surface area contributed by atoms with E-state index >= 15 is 0 Å². The van der Waals surface area contributed by atoms with Crippen LogP contribution in [-0.2, 0) is 11.2 Å². The molecule has 1 aliphatic rings. The molecule has 0 radical (unpaired) electrons. The normalized spacial score (nSPS) is 14.5. The maximum absolute atomic E-state index is 13.8. The third-order valence-corrected chi connectivity index (χ3v) is 5.77. The van der Waals surface area contributed by atoms with Crippen molar-refractivity contribution in [1.29, 1.82) is 0 Å². The summed E-state index contributed by atoms with van der Waals surface area (Å²) in [6, 6.07) is 9.02. The highest BCUT2D eigenvalue weighted by molar-refractivity contribution is 5.89. The SMILES string of the molecule is O=C(Cc1ccc(F)cc1F)N1CCC(Nc2ncc3c(-c4ccccn4)[nH]nc3n2)CC1. The van der Waals surface area contributed by atoms with Crippen molar-refractivity contribution in [3.05, 3.63) is 66.0 Å². The summed E-state index contributed by atoms with van der Waals surface area (Å²) in [5.41, 5.74) is 2.28. The second-order valence-electron chi connectivity index (χ2n) is 7.96. The van der Waals surface area contributed by atoms with E-state index in [9.17, 15) is 13.6 Å². The first kappa shape index (κ1) is 20.9. The summed E-state index contributed by atoms with van der Waals surface area (Å²) in [7, 11) is 0. The average Bonchev–Trinajstić information content (AvgIpc) is 3.25. The molecule has 0 spiro atoms. The van der Waals surface area contributed by atoms with Crippen molar-refractivity contribution >= 4 is 22.9 Å². The molecule has 33 heavy (non-hydrogen) atoms. The van der Waals surface area contributed by atoms with Crippen LogP contribution < -0.4 is 5.32 Å². The van der Waals surface area contributed by atoms with Crippen LogP contribution in [0, 0.1) is 11.6 Å². The lowest BCUT2D eigenvalue weighted by molar-refractivity contribution is -0.131. The number of likely N-dealkylation sites (tertiary alicyclic amines) is 1. The number of amides is 1. The van der Waals surface area contributed by atoms with Crippen molar-refractivity contribution in [2.75, 3.05) is 18.4 Å². The van der Waals surface area contributed by atoms with Crippen LogP contribution in [0.2, 0.25) is 0 Å². The summed E-state index contributed by atoms with van der Waals surface area (Å²) < 4.78 is 26.9. The second-order valence-corrected chi connectivity index (χ2v) is 7.96. The molecular formula is C23H21F2N7O. The Kier molecular flexibility index (Phi) is 5.64. The predicted molar refractivity (Wildman–Crippen MR) is 118 cm³/mol. The topological polar surface area (TPSA) is 99.7 Å². The van der Waals surface area contributed by atoms with Gasteiger partial charge in [0.2, 0.25) is 11.9 Å². The van der Waals surface area contributed by atoms with Gasteiger partial charge in [-0.15, -0.1) is 0 Å². The molecule has 168 valence electrons. The zero-order valence-corrected chi connectivity index (χ0v) is 17.6. The van der Waals surface area contributed by atoms with Crippen LogP contribution in [0.5, 0.6) is 0 Å². The number of carbonyl (C=O) groups excluding carboxylic acids is 1. The minimum Gasteiger partial charge on any atom is -0.351 e. The Balaban J connectivity index is 1.19. The Morgan fingerprint density at radius 1 is 1.15 bits per heavy atom. The molecule has 8 nitrogen and oxygen atoms in total. The van der Waals surface area contributed by atoms with Crippen LogP contribution in [0.4, 0.5) is 14.7 Å². The fourth-order valence-corrected chi connectivity index (χ4v) is 3.97. The van der Waals surface area contributed by atoms with Crippen LogP contribution >= 0.6 is 0 Å². The van der Waals surface area contributed by atoms with Gasteiger partial charge in [0.05, 0.1) is 23.2 Å². The third kappa shape index (κ3) is 4.50. The predicted octanol–water partition coefficient (Wildman–Crippen LogP) is 3.34. The molecule has 3 aromatic heterocycles. The molecular weight excluding hydrogens is 428 g/mol. The molecule has 1 aliphatic heterocycles. The Morgan fingerprint density at radius 3 is 2.76 bits per heavy atom. The standard InChI is InChI=1S/C23H21F2N7O/c24-15-5-4-14(18(25)12-15)11-20(33)32-9-6-16(7-10-32)28-23-27-13-17-21(30-31-22(17)29-23)19-3-1-2-8-26-19/h1-5,8,12-13,16H,6-7,9-11H2,(H2,27,28,29,30,31). The number of aromatic nitrogens is 5. The number of aromatic amines is 1. The van der Waals surface area contributed by atoms with Gasteiger partial charge >= 0.3 is 0 Å². The van der Waals surface area contributed by atoms with E-state index in [2.05, 4.69) is 30.5 Å². The van der Waals surface area contributed by atoms with Gasteiger partial charge in [-0.2, -0.15) is 10.1 Å². The number of carbonyl (C=O) groups is 1. The van der Waals surface area contributed by atoms with Gasteiger partial charge in [0.1, 0.15) is 11.6 Å². The zero-order chi connectivity index (χ0) is 22.8. The van der Waals surface area contributed by atoms with Crippen LogP contribution in [0.1, 0.15) is 18.4 Å². The van der Waals surface area contributed by atoms with Crippen molar-refractivity contribution in [2.24, 2.45) is 0 Å². The first-order valence-electron chi connectivity index (χ1n) is 10.7. The molecule has 0 aliphatic carbocycles. The monoisotopic (exact) mass is 449 g/mol. The first-order chi connectivity index (χ1) is 16.1. The van der Waals surface area contributed by atoms with Crippen molar-refractivity contribution in [1.82, 2.24) is 30.0 Å². The minimum absolute atomic E-state index is 0.0816. The van der Waals surface area contributed by atoms with E-state index in [0.29, 0.717) is 37.5 Å². The lowest BCUT2D eigenvalue weighted by Gasteiger charge is -2.32. The largest absolute Gasteiger partial charge is 0.351 e. The lowest BCUT2D eigenvalue weighted by atomic mass is 10.0. The third-order valence-electron chi connectivity index (χ3n) is 5.77. The van der Waals surface area contributed by atoms with E-state index in [1.165, 1.54) is 6.07 Å². The van der Waals surface area contributed by atoms with Crippen LogP contribution in [0.25, 0.3) is 22.4 Å². The fraction of sp³-hybridized carbons (Fsp3) is 0.261. The highest BCUT2D eigenvalue weighted by atomic mass is 19.1. The number of nitrogens with zero attached hydrogens (tertiary/aromatic N) is 5. The molecule has 0 bridgehead atoms. The number of benzene rings is 1.